The van der Waals surface area contributed by atoms with Crippen LogP contribution in [0.5, 0.6) is 0 Å². The number of allylic oxidation sites excluding steroid dienone is 1. The van der Waals surface area contributed by atoms with Crippen LogP contribution in [0.3, 0.4) is 0 Å². The number of Topliss-reactive ketones (excluding diaryl/α,β-unsaturated/α-hetero) is 1. The molecule has 158 valence electrons. The molecule has 31 heavy (non-hydrogen) atoms. The van der Waals surface area contributed by atoms with E-state index < -0.39 is 0 Å². The Bertz CT molecular complexity index is 1220. The molecule has 1 atom stereocenters. The van der Waals surface area contributed by atoms with Crippen molar-refractivity contribution in [2.75, 3.05) is 5.32 Å². The molecule has 0 aromatic heterocycles. The first-order valence-corrected chi connectivity index (χ1v) is 11.3. The van der Waals surface area contributed by atoms with E-state index >= 15 is 0 Å². The van der Waals surface area contributed by atoms with E-state index in [2.05, 4.69) is 101 Å². The summed E-state index contributed by atoms with van der Waals surface area (Å²) in [6, 6.07) is 21.6. The van der Waals surface area contributed by atoms with Crippen molar-refractivity contribution in [3.63, 3.8) is 0 Å². The maximum atomic E-state index is 13.5. The molecule has 2 nitrogen and oxygen atoms in total. The van der Waals surface area contributed by atoms with Gasteiger partial charge in [-0.3, -0.25) is 4.79 Å². The van der Waals surface area contributed by atoms with Gasteiger partial charge in [0, 0.05) is 23.2 Å². The Morgan fingerprint density at radius 2 is 1.61 bits per heavy atom. The molecular weight excluding hydrogens is 378 g/mol. The van der Waals surface area contributed by atoms with E-state index in [0.29, 0.717) is 6.42 Å². The van der Waals surface area contributed by atoms with Crippen LogP contribution in [-0.4, -0.2) is 5.78 Å². The third kappa shape index (κ3) is 3.39. The van der Waals surface area contributed by atoms with E-state index in [1.807, 2.05) is 0 Å². The lowest BCUT2D eigenvalue weighted by Gasteiger charge is -2.40. The minimum absolute atomic E-state index is 0.0257. The van der Waals surface area contributed by atoms with Crippen LogP contribution >= 0.6 is 0 Å². The van der Waals surface area contributed by atoms with Crippen molar-refractivity contribution in [1.82, 2.24) is 0 Å². The zero-order valence-corrected chi connectivity index (χ0v) is 19.2. The largest absolute Gasteiger partial charge is 0.373 e. The smallest absolute Gasteiger partial charge is 0.162 e. The molecule has 2 aliphatic rings. The normalized spacial score (nSPS) is 20.3. The van der Waals surface area contributed by atoms with Crippen molar-refractivity contribution in [1.29, 1.82) is 0 Å². The lowest BCUT2D eigenvalue weighted by molar-refractivity contribution is -0.118. The van der Waals surface area contributed by atoms with Crippen LogP contribution < -0.4 is 5.32 Å². The van der Waals surface area contributed by atoms with Crippen LogP contribution in [0.4, 0.5) is 5.69 Å². The molecule has 1 N–H and O–H groups in total. The molecule has 0 bridgehead atoms. The van der Waals surface area contributed by atoms with E-state index in [1.165, 1.54) is 27.5 Å². The fourth-order valence-corrected chi connectivity index (χ4v) is 5.26. The molecule has 2 heteroatoms. The van der Waals surface area contributed by atoms with Crippen molar-refractivity contribution >= 4 is 27.8 Å². The molecule has 3 aromatic carbocycles. The highest BCUT2D eigenvalue weighted by Gasteiger charge is 2.40. The summed E-state index contributed by atoms with van der Waals surface area (Å²) in [7, 11) is 0. The van der Waals surface area contributed by atoms with Gasteiger partial charge in [0.15, 0.2) is 5.78 Å². The molecule has 0 spiro atoms. The second-order valence-electron chi connectivity index (χ2n) is 11.0. The predicted molar refractivity (Wildman–Crippen MR) is 130 cm³/mol. The van der Waals surface area contributed by atoms with Crippen molar-refractivity contribution in [3.05, 3.63) is 82.9 Å². The molecule has 5 rings (SSSR count). The fraction of sp³-hybridized carbons (Fsp3) is 0.345. The number of rotatable bonds is 1. The van der Waals surface area contributed by atoms with Crippen LogP contribution in [0.1, 0.15) is 70.2 Å². The van der Waals surface area contributed by atoms with Gasteiger partial charge in [-0.25, -0.2) is 0 Å². The molecule has 0 unspecified atom stereocenters. The Labute approximate surface area is 185 Å². The highest BCUT2D eigenvalue weighted by Crippen LogP contribution is 2.52. The summed E-state index contributed by atoms with van der Waals surface area (Å²) in [4.78, 5) is 13.5. The number of anilines is 1. The first-order chi connectivity index (χ1) is 14.6. The van der Waals surface area contributed by atoms with Crippen molar-refractivity contribution in [2.24, 2.45) is 5.41 Å². The van der Waals surface area contributed by atoms with Crippen LogP contribution in [0, 0.1) is 5.41 Å². The van der Waals surface area contributed by atoms with Crippen LogP contribution in [0.15, 0.2) is 66.2 Å². The molecule has 3 aromatic rings. The Balaban J connectivity index is 1.72. The second kappa shape index (κ2) is 6.82. The topological polar surface area (TPSA) is 29.1 Å². The number of hydrogen-bond donors (Lipinski definition) is 1. The number of carbonyl (C=O) groups excluding carboxylic acids is 1. The van der Waals surface area contributed by atoms with E-state index in [0.717, 1.165) is 23.2 Å². The third-order valence-electron chi connectivity index (χ3n) is 6.85. The quantitative estimate of drug-likeness (QED) is 0.452. The van der Waals surface area contributed by atoms with Gasteiger partial charge in [-0.05, 0) is 50.8 Å². The highest BCUT2D eigenvalue weighted by molar-refractivity contribution is 6.12. The number of hydrogen-bond acceptors (Lipinski definition) is 2. The van der Waals surface area contributed by atoms with Gasteiger partial charge in [-0.1, -0.05) is 89.2 Å². The molecule has 0 saturated heterocycles. The Hall–Kier alpha value is -2.87. The van der Waals surface area contributed by atoms with E-state index in [1.54, 1.807) is 0 Å². The molecule has 0 amide bonds. The van der Waals surface area contributed by atoms with E-state index in [4.69, 9.17) is 0 Å². The summed E-state index contributed by atoms with van der Waals surface area (Å²) < 4.78 is 0. The lowest BCUT2D eigenvalue weighted by Crippen LogP contribution is -2.33. The van der Waals surface area contributed by atoms with Gasteiger partial charge in [0.25, 0.3) is 0 Å². The summed E-state index contributed by atoms with van der Waals surface area (Å²) in [6.45, 7) is 11.1. The summed E-state index contributed by atoms with van der Waals surface area (Å²) in [6.07, 6.45) is 1.53. The van der Waals surface area contributed by atoms with Crippen LogP contribution in [-0.2, 0) is 10.2 Å². The zero-order chi connectivity index (χ0) is 22.0. The van der Waals surface area contributed by atoms with Crippen molar-refractivity contribution in [3.8, 4) is 0 Å². The Morgan fingerprint density at radius 1 is 0.903 bits per heavy atom. The molecule has 0 radical (unpaired) electrons. The van der Waals surface area contributed by atoms with Crippen LogP contribution in [0.2, 0.25) is 0 Å². The van der Waals surface area contributed by atoms with Crippen LogP contribution in [0.25, 0.3) is 16.3 Å². The second-order valence-corrected chi connectivity index (χ2v) is 11.0. The Kier molecular flexibility index (Phi) is 4.41. The summed E-state index contributed by atoms with van der Waals surface area (Å²) in [5.74, 6) is 0.280. The minimum Gasteiger partial charge on any atom is -0.373 e. The summed E-state index contributed by atoms with van der Waals surface area (Å²) >= 11 is 0. The average molecular weight is 410 g/mol. The maximum Gasteiger partial charge on any atom is 0.162 e. The third-order valence-corrected chi connectivity index (χ3v) is 6.85. The van der Waals surface area contributed by atoms with Crippen molar-refractivity contribution in [2.45, 2.75) is 58.9 Å². The molecule has 1 aliphatic carbocycles. The highest BCUT2D eigenvalue weighted by atomic mass is 16.1. The van der Waals surface area contributed by atoms with Gasteiger partial charge in [0.05, 0.1) is 6.04 Å². The average Bonchev–Trinajstić information content (AvgIpc) is 2.71. The summed E-state index contributed by atoms with van der Waals surface area (Å²) in [5, 5.41) is 6.19. The maximum absolute atomic E-state index is 13.5. The number of benzene rings is 3. The molecule has 1 aliphatic heterocycles. The number of nitrogens with one attached hydrogen (secondary N) is 1. The SMILES string of the molecule is CC1(C)CC(=O)C2=C(C1)c1c(ccc3ccccc13)N[C@H]2c1ccc(C(C)(C)C)cc1. The number of ketones is 1. The number of carbonyl (C=O) groups is 1. The predicted octanol–water partition coefficient (Wildman–Crippen LogP) is 7.45. The molecular formula is C29H31NO. The standard InChI is InChI=1S/C29H31NO/c1-28(2,3)20-13-10-19(11-14-20)27-26-22(16-29(4,5)17-24(26)31)25-21-9-7-6-8-18(21)12-15-23(25)30-27/h6-15,27,30H,16-17H2,1-5H3/t27-/m0/s1. The fourth-order valence-electron chi connectivity index (χ4n) is 5.26. The number of fused-ring (bicyclic) bond motifs is 4. The Morgan fingerprint density at radius 3 is 2.32 bits per heavy atom. The van der Waals surface area contributed by atoms with Crippen molar-refractivity contribution < 1.29 is 4.79 Å². The molecule has 1 heterocycles. The first kappa shape index (κ1) is 20.1. The van der Waals surface area contributed by atoms with Gasteiger partial charge in [-0.15, -0.1) is 0 Å². The molecule has 0 fully saturated rings. The van der Waals surface area contributed by atoms with Gasteiger partial charge in [0.1, 0.15) is 0 Å². The molecule has 0 saturated carbocycles. The van der Waals surface area contributed by atoms with E-state index in [-0.39, 0.29) is 22.7 Å². The van der Waals surface area contributed by atoms with Gasteiger partial charge in [0.2, 0.25) is 0 Å². The van der Waals surface area contributed by atoms with Gasteiger partial charge >= 0.3 is 0 Å². The lowest BCUT2D eigenvalue weighted by atomic mass is 9.67. The zero-order valence-electron chi connectivity index (χ0n) is 19.2. The van der Waals surface area contributed by atoms with Gasteiger partial charge < -0.3 is 5.32 Å². The first-order valence-electron chi connectivity index (χ1n) is 11.3. The summed E-state index contributed by atoms with van der Waals surface area (Å²) in [5.41, 5.74) is 7.10. The van der Waals surface area contributed by atoms with E-state index in [9.17, 15) is 4.79 Å². The minimum atomic E-state index is -0.0960. The monoisotopic (exact) mass is 409 g/mol. The van der Waals surface area contributed by atoms with Gasteiger partial charge in [-0.2, -0.15) is 0 Å².